The van der Waals surface area contributed by atoms with E-state index in [9.17, 15) is 15.0 Å². The van der Waals surface area contributed by atoms with Crippen LogP contribution in [0.3, 0.4) is 0 Å². The third kappa shape index (κ3) is 7.56. The highest BCUT2D eigenvalue weighted by Gasteiger charge is 2.28. The molecule has 0 aromatic heterocycles. The van der Waals surface area contributed by atoms with Crippen LogP contribution in [0, 0.1) is 5.92 Å². The first-order valence-electron chi connectivity index (χ1n) is 8.72. The summed E-state index contributed by atoms with van der Waals surface area (Å²) < 4.78 is 11.3. The van der Waals surface area contributed by atoms with Gasteiger partial charge in [-0.15, -0.1) is 0 Å². The van der Waals surface area contributed by atoms with Crippen LogP contribution in [0.4, 0.5) is 0 Å². The van der Waals surface area contributed by atoms with Crippen LogP contribution in [0.2, 0.25) is 0 Å². The predicted octanol–water partition coefficient (Wildman–Crippen LogP) is 3.34. The zero-order valence-electron chi connectivity index (χ0n) is 14.0. The second-order valence-electron chi connectivity index (χ2n) is 6.34. The molecule has 0 radical (unpaired) electrons. The number of carboxylic acids is 1. The van der Waals surface area contributed by atoms with Gasteiger partial charge in [-0.3, -0.25) is 4.79 Å². The normalized spacial score (nSPS) is 23.0. The van der Waals surface area contributed by atoms with E-state index in [-0.39, 0.29) is 12.4 Å². The molecule has 22 heavy (non-hydrogen) atoms. The van der Waals surface area contributed by atoms with Crippen molar-refractivity contribution in [3.05, 3.63) is 0 Å². The van der Waals surface area contributed by atoms with Crippen molar-refractivity contribution in [2.75, 3.05) is 6.61 Å². The Labute approximate surface area is 134 Å². The van der Waals surface area contributed by atoms with Crippen LogP contribution in [-0.2, 0) is 14.3 Å². The molecular weight excluding hydrogens is 284 g/mol. The molecule has 5 nitrogen and oxygen atoms in total. The first-order valence-corrected chi connectivity index (χ1v) is 8.72. The van der Waals surface area contributed by atoms with Gasteiger partial charge in [0, 0.05) is 13.0 Å². The van der Waals surface area contributed by atoms with Gasteiger partial charge in [0.25, 0.3) is 0 Å². The highest BCUT2D eigenvalue weighted by Crippen LogP contribution is 2.22. The van der Waals surface area contributed by atoms with Crippen molar-refractivity contribution >= 4 is 5.97 Å². The molecule has 0 bridgehead atoms. The first kappa shape index (κ1) is 19.4. The summed E-state index contributed by atoms with van der Waals surface area (Å²) in [6.07, 6.45) is 6.74. The Morgan fingerprint density at radius 1 is 1.32 bits per heavy atom. The molecular formula is C17H32O5. The number of ether oxygens (including phenoxy) is 2. The quantitative estimate of drug-likeness (QED) is 0.572. The van der Waals surface area contributed by atoms with Crippen LogP contribution in [0.5, 0.6) is 0 Å². The zero-order valence-corrected chi connectivity index (χ0v) is 14.0. The topological polar surface area (TPSA) is 76.0 Å². The summed E-state index contributed by atoms with van der Waals surface area (Å²) in [4.78, 5) is 11.4. The maximum absolute atomic E-state index is 11.4. The molecule has 2 N–H and O–H groups in total. The second kappa shape index (κ2) is 11.0. The van der Waals surface area contributed by atoms with E-state index in [0.717, 1.165) is 51.6 Å². The Morgan fingerprint density at radius 3 is 2.68 bits per heavy atom. The number of hydrogen-bond donors (Lipinski definition) is 2. The molecule has 4 atom stereocenters. The zero-order chi connectivity index (χ0) is 16.4. The first-order chi connectivity index (χ1) is 10.5. The van der Waals surface area contributed by atoms with Gasteiger partial charge in [0.15, 0.2) is 6.29 Å². The number of rotatable bonds is 11. The Hall–Kier alpha value is -0.650. The van der Waals surface area contributed by atoms with Crippen LogP contribution in [0.15, 0.2) is 0 Å². The molecule has 1 aliphatic heterocycles. The fourth-order valence-corrected chi connectivity index (χ4v) is 2.91. The minimum atomic E-state index is -0.912. The maximum Gasteiger partial charge on any atom is 0.309 e. The molecule has 0 saturated carbocycles. The Morgan fingerprint density at radius 2 is 2.09 bits per heavy atom. The van der Waals surface area contributed by atoms with Gasteiger partial charge in [0.2, 0.25) is 0 Å². The molecule has 0 amide bonds. The van der Waals surface area contributed by atoms with E-state index in [1.807, 2.05) is 6.92 Å². The van der Waals surface area contributed by atoms with Gasteiger partial charge >= 0.3 is 5.97 Å². The lowest BCUT2D eigenvalue weighted by atomic mass is 9.92. The van der Waals surface area contributed by atoms with Crippen molar-refractivity contribution in [1.82, 2.24) is 0 Å². The molecule has 1 fully saturated rings. The van der Waals surface area contributed by atoms with Gasteiger partial charge in [-0.25, -0.2) is 0 Å². The number of hydrogen-bond acceptors (Lipinski definition) is 4. The van der Waals surface area contributed by atoms with Crippen LogP contribution in [0.1, 0.15) is 71.6 Å². The summed E-state index contributed by atoms with van der Waals surface area (Å²) in [6, 6.07) is 0. The molecule has 0 aromatic rings. The molecule has 1 heterocycles. The molecule has 3 unspecified atom stereocenters. The molecule has 5 heteroatoms. The molecule has 0 spiro atoms. The van der Waals surface area contributed by atoms with E-state index in [1.54, 1.807) is 0 Å². The predicted molar refractivity (Wildman–Crippen MR) is 84.6 cm³/mol. The van der Waals surface area contributed by atoms with Crippen molar-refractivity contribution in [1.29, 1.82) is 0 Å². The van der Waals surface area contributed by atoms with E-state index in [1.165, 1.54) is 0 Å². The third-order valence-electron chi connectivity index (χ3n) is 4.25. The van der Waals surface area contributed by atoms with Gasteiger partial charge in [0.05, 0.1) is 18.1 Å². The van der Waals surface area contributed by atoms with Crippen LogP contribution in [0.25, 0.3) is 0 Å². The van der Waals surface area contributed by atoms with E-state index >= 15 is 0 Å². The van der Waals surface area contributed by atoms with Crippen LogP contribution >= 0.6 is 0 Å². The molecule has 0 aliphatic carbocycles. The SMILES string of the molecule is CCCCCCC(C(=O)O)C(O)CC(C)O[C@@H]1CCCCO1. The lowest BCUT2D eigenvalue weighted by Gasteiger charge is -2.28. The number of aliphatic hydroxyl groups excluding tert-OH is 1. The summed E-state index contributed by atoms with van der Waals surface area (Å²) in [5.41, 5.74) is 0. The monoisotopic (exact) mass is 316 g/mol. The fourth-order valence-electron chi connectivity index (χ4n) is 2.91. The third-order valence-corrected chi connectivity index (χ3v) is 4.25. The summed E-state index contributed by atoms with van der Waals surface area (Å²) in [5, 5.41) is 19.5. The summed E-state index contributed by atoms with van der Waals surface area (Å²) >= 11 is 0. The maximum atomic E-state index is 11.4. The summed E-state index contributed by atoms with van der Waals surface area (Å²) in [6.45, 7) is 4.71. The Balaban J connectivity index is 2.33. The lowest BCUT2D eigenvalue weighted by Crippen LogP contribution is -2.34. The van der Waals surface area contributed by atoms with Crippen molar-refractivity contribution < 1.29 is 24.5 Å². The average molecular weight is 316 g/mol. The van der Waals surface area contributed by atoms with Gasteiger partial charge in [0.1, 0.15) is 0 Å². The number of aliphatic hydroxyl groups is 1. The van der Waals surface area contributed by atoms with Gasteiger partial charge < -0.3 is 19.7 Å². The minimum absolute atomic E-state index is 0.199. The van der Waals surface area contributed by atoms with E-state index in [2.05, 4.69) is 6.92 Å². The summed E-state index contributed by atoms with van der Waals surface area (Å²) in [7, 11) is 0. The standard InChI is InChI=1S/C17H32O5/c1-3-4-5-6-9-14(17(19)20)15(18)12-13(2)22-16-10-7-8-11-21-16/h13-16,18H,3-12H2,1-2H3,(H,19,20)/t13?,14?,15?,16-/m1/s1. The fraction of sp³-hybridized carbons (Fsp3) is 0.941. The van der Waals surface area contributed by atoms with Crippen molar-refractivity contribution in [3.8, 4) is 0 Å². The molecule has 1 rings (SSSR count). The second-order valence-corrected chi connectivity index (χ2v) is 6.34. The van der Waals surface area contributed by atoms with E-state index in [0.29, 0.717) is 12.8 Å². The largest absolute Gasteiger partial charge is 0.481 e. The number of aliphatic carboxylic acids is 1. The highest BCUT2D eigenvalue weighted by molar-refractivity contribution is 5.70. The smallest absolute Gasteiger partial charge is 0.309 e. The Kier molecular flexibility index (Phi) is 9.68. The molecule has 1 saturated heterocycles. The number of carbonyl (C=O) groups is 1. The minimum Gasteiger partial charge on any atom is -0.481 e. The summed E-state index contributed by atoms with van der Waals surface area (Å²) in [5.74, 6) is -1.61. The Bertz CT molecular complexity index is 301. The van der Waals surface area contributed by atoms with E-state index in [4.69, 9.17) is 9.47 Å². The average Bonchev–Trinajstić information content (AvgIpc) is 2.47. The van der Waals surface area contributed by atoms with Gasteiger partial charge in [-0.05, 0) is 32.6 Å². The highest BCUT2D eigenvalue weighted by atomic mass is 16.7. The van der Waals surface area contributed by atoms with E-state index < -0.39 is 18.0 Å². The van der Waals surface area contributed by atoms with Crippen LogP contribution < -0.4 is 0 Å². The number of unbranched alkanes of at least 4 members (excludes halogenated alkanes) is 3. The van der Waals surface area contributed by atoms with Gasteiger partial charge in [-0.1, -0.05) is 32.6 Å². The lowest BCUT2D eigenvalue weighted by molar-refractivity contribution is -0.190. The van der Waals surface area contributed by atoms with Crippen molar-refractivity contribution in [2.24, 2.45) is 5.92 Å². The van der Waals surface area contributed by atoms with Gasteiger partial charge in [-0.2, -0.15) is 0 Å². The number of carboxylic acid groups (broad SMARTS) is 1. The van der Waals surface area contributed by atoms with Crippen LogP contribution in [-0.4, -0.2) is 41.3 Å². The molecule has 130 valence electrons. The molecule has 0 aromatic carbocycles. The van der Waals surface area contributed by atoms with Crippen molar-refractivity contribution in [2.45, 2.75) is 90.1 Å². The van der Waals surface area contributed by atoms with Crippen molar-refractivity contribution in [3.63, 3.8) is 0 Å². The molecule has 1 aliphatic rings.